The number of hydrogen-bond donors (Lipinski definition) is 2. The highest BCUT2D eigenvalue weighted by atomic mass is 79.9. The third kappa shape index (κ3) is 14.4. The Labute approximate surface area is 614 Å². The van der Waals surface area contributed by atoms with Gasteiger partial charge in [-0.25, -0.2) is 4.39 Å². The molecule has 0 fully saturated rings. The van der Waals surface area contributed by atoms with Gasteiger partial charge in [0.2, 0.25) is 0 Å². The maximum absolute atomic E-state index is 12.1. The number of rotatable bonds is 8. The van der Waals surface area contributed by atoms with Crippen molar-refractivity contribution < 1.29 is 4.39 Å². The molecule has 7 heteroatoms. The van der Waals surface area contributed by atoms with Gasteiger partial charge in [0, 0.05) is 74.8 Å². The van der Waals surface area contributed by atoms with Gasteiger partial charge in [-0.15, -0.1) is 0 Å². The molecule has 100 heavy (non-hydrogen) atoms. The van der Waals surface area contributed by atoms with Crippen molar-refractivity contribution in [1.82, 2.24) is 0 Å². The molecule has 0 atom stereocenters. The van der Waals surface area contributed by atoms with Crippen molar-refractivity contribution in [3.05, 3.63) is 392 Å². The first-order valence-corrected chi connectivity index (χ1v) is 36.1. The molecule has 0 saturated carbocycles. The number of benzene rings is 14. The largest absolute Gasteiger partial charge is 0.399 e. The molecule has 0 bridgehead atoms. The fourth-order valence-electron chi connectivity index (χ4n) is 14.2. The lowest BCUT2D eigenvalue weighted by Gasteiger charge is -2.29. The van der Waals surface area contributed by atoms with E-state index in [-0.39, 0.29) is 22.1 Å². The van der Waals surface area contributed by atoms with E-state index in [1.807, 2.05) is 42.5 Å². The lowest BCUT2D eigenvalue weighted by molar-refractivity contribution is 0.627. The molecule has 0 amide bonds. The first kappa shape index (κ1) is 68.4. The zero-order valence-electron chi connectivity index (χ0n) is 56.9. The van der Waals surface area contributed by atoms with Crippen LogP contribution in [0.1, 0.15) is 74.9 Å². The van der Waals surface area contributed by atoms with Gasteiger partial charge in [0.05, 0.1) is 5.69 Å². The average Bonchev–Trinajstić information content (AvgIpc) is 1.59. The predicted molar refractivity (Wildman–Crippen MR) is 433 cm³/mol. The molecule has 0 radical (unpaired) electrons. The van der Waals surface area contributed by atoms with Crippen molar-refractivity contribution in [1.29, 1.82) is 0 Å². The molecule has 3 aliphatic carbocycles. The lowest BCUT2D eigenvalue weighted by Crippen LogP contribution is -2.16. The van der Waals surface area contributed by atoms with Gasteiger partial charge in [-0.1, -0.05) is 326 Å². The average molecular weight is 1500 g/mol. The van der Waals surface area contributed by atoms with Gasteiger partial charge < -0.3 is 16.0 Å². The Morgan fingerprint density at radius 3 is 1.09 bits per heavy atom. The first-order chi connectivity index (χ1) is 48.4. The summed E-state index contributed by atoms with van der Waals surface area (Å²) in [6.07, 6.45) is 0. The molecule has 0 heterocycles. The van der Waals surface area contributed by atoms with E-state index in [9.17, 15) is 4.39 Å². The Hall–Kier alpha value is -10.2. The number of anilines is 6. The van der Waals surface area contributed by atoms with E-state index >= 15 is 0 Å². The summed E-state index contributed by atoms with van der Waals surface area (Å²) in [4.78, 5) is 2.39. The van der Waals surface area contributed by atoms with E-state index in [1.54, 1.807) is 12.1 Å². The van der Waals surface area contributed by atoms with Gasteiger partial charge in [-0.2, -0.15) is 0 Å². The van der Waals surface area contributed by atoms with Crippen molar-refractivity contribution >= 4 is 81.9 Å². The number of nitrogens with two attached hydrogens (primary N) is 1. The molecule has 0 spiro atoms. The molecule has 0 aliphatic heterocycles. The zero-order valence-corrected chi connectivity index (χ0v) is 61.6. The Balaban J connectivity index is 0.000000122. The van der Waals surface area contributed by atoms with Gasteiger partial charge in [-0.3, -0.25) is 0 Å². The molecular weight excluding hydrogens is 1420 g/mol. The monoisotopic (exact) mass is 1490 g/mol. The normalized spacial score (nSPS) is 13.0. The maximum atomic E-state index is 12.1. The van der Waals surface area contributed by atoms with Crippen LogP contribution in [0, 0.1) is 5.82 Å². The quantitative estimate of drug-likeness (QED) is 0.149. The van der Waals surface area contributed by atoms with Crippen molar-refractivity contribution in [2.24, 2.45) is 0 Å². The summed E-state index contributed by atoms with van der Waals surface area (Å²) in [6, 6.07) is 118. The number of nitrogens with zero attached hydrogens (tertiary/aromatic N) is 1. The van der Waals surface area contributed by atoms with Crippen LogP contribution in [-0.4, -0.2) is 0 Å². The second kappa shape index (κ2) is 29.7. The lowest BCUT2D eigenvalue weighted by atomic mass is 9.82. The molecule has 3 N–H and O–H groups in total. The minimum Gasteiger partial charge on any atom is -0.399 e. The van der Waals surface area contributed by atoms with Gasteiger partial charge in [0.25, 0.3) is 0 Å². The van der Waals surface area contributed by atoms with Gasteiger partial charge >= 0.3 is 0 Å². The van der Waals surface area contributed by atoms with E-state index in [2.05, 4.69) is 373 Å². The number of fused-ring (bicyclic) bond motifs is 9. The molecular formula is C93H77Br3FN3. The summed E-state index contributed by atoms with van der Waals surface area (Å²) in [7, 11) is 0. The van der Waals surface area contributed by atoms with Crippen molar-refractivity contribution in [3.63, 3.8) is 0 Å². The van der Waals surface area contributed by atoms with Crippen LogP contribution in [0.25, 0.3) is 66.8 Å². The minimum atomic E-state index is -0.201. The Morgan fingerprint density at radius 1 is 0.300 bits per heavy atom. The fourth-order valence-corrected chi connectivity index (χ4v) is 15.3. The van der Waals surface area contributed by atoms with Crippen LogP contribution < -0.4 is 16.0 Å². The number of nitrogen functional groups attached to an aromatic ring is 1. The van der Waals surface area contributed by atoms with Crippen molar-refractivity contribution in [2.75, 3.05) is 16.0 Å². The third-order valence-electron chi connectivity index (χ3n) is 19.4. The second-order valence-corrected chi connectivity index (χ2v) is 29.5. The molecule has 492 valence electrons. The Morgan fingerprint density at radius 2 is 0.630 bits per heavy atom. The van der Waals surface area contributed by atoms with E-state index in [0.29, 0.717) is 0 Å². The van der Waals surface area contributed by atoms with Crippen LogP contribution in [0.15, 0.2) is 353 Å². The highest BCUT2D eigenvalue weighted by molar-refractivity contribution is 9.11. The molecule has 3 aliphatic rings. The maximum Gasteiger partial charge on any atom is 0.123 e. The van der Waals surface area contributed by atoms with Crippen LogP contribution in [0.5, 0.6) is 0 Å². The summed E-state index contributed by atoms with van der Waals surface area (Å²) < 4.78 is 15.2. The number of nitrogens with one attached hydrogen (secondary N) is 1. The molecule has 0 saturated heterocycles. The highest BCUT2D eigenvalue weighted by Gasteiger charge is 2.39. The zero-order chi connectivity index (χ0) is 69.5. The standard InChI is InChI=1S/C33H26BrN.C27H23N.C15H13Br.C12H11N.C6H4BrF/c1-33(2)29-12-7-6-11-28(29)32-30(33)13-8-14-31(32)35(27-21-17-25(34)18-22-27)26-19-15-24(16-20-26)23-9-4-3-5-10-23;1-27(2)23-12-7-6-11-22(23)26-24(27)13-8-14-25(26)28-21-17-15-20(16-18-21)19-9-4-3-5-10-19;1-15(2)11-7-4-3-6-10(11)14-12(15)8-5-9-13(14)16;13-12-8-6-11(7-9-12)10-4-2-1-3-5-10;7-5-1-3-6(8)4-2-5/h3-22H,1-2H3;3-18,28H,1-2H3;3-9H,1-2H3;1-9H,13H2;1-4H. The van der Waals surface area contributed by atoms with Crippen LogP contribution in [0.3, 0.4) is 0 Å². The van der Waals surface area contributed by atoms with Gasteiger partial charge in [-0.05, 0) is 187 Å². The number of halogens is 4. The summed E-state index contributed by atoms with van der Waals surface area (Å²) in [6.45, 7) is 13.9. The molecule has 17 rings (SSSR count). The summed E-state index contributed by atoms with van der Waals surface area (Å²) in [5, 5.41) is 3.66. The summed E-state index contributed by atoms with van der Waals surface area (Å²) >= 11 is 10.5. The number of hydrogen-bond acceptors (Lipinski definition) is 3. The van der Waals surface area contributed by atoms with Crippen LogP contribution in [0.2, 0.25) is 0 Å². The third-order valence-corrected chi connectivity index (χ3v) is 21.1. The first-order valence-electron chi connectivity index (χ1n) is 33.8. The van der Waals surface area contributed by atoms with E-state index in [1.165, 1.54) is 128 Å². The molecule has 14 aromatic rings. The van der Waals surface area contributed by atoms with Crippen LogP contribution in [-0.2, 0) is 16.2 Å². The molecule has 0 aromatic heterocycles. The minimum absolute atomic E-state index is 0.0286. The van der Waals surface area contributed by atoms with Crippen LogP contribution >= 0.6 is 47.8 Å². The van der Waals surface area contributed by atoms with Crippen molar-refractivity contribution in [3.8, 4) is 66.8 Å². The van der Waals surface area contributed by atoms with Crippen molar-refractivity contribution in [2.45, 2.75) is 57.8 Å². The molecule has 14 aromatic carbocycles. The molecule has 0 unspecified atom stereocenters. The van der Waals surface area contributed by atoms with Crippen LogP contribution in [0.4, 0.5) is 38.5 Å². The van der Waals surface area contributed by atoms with Gasteiger partial charge in [0.15, 0.2) is 0 Å². The Kier molecular flexibility index (Phi) is 20.3. The summed E-state index contributed by atoms with van der Waals surface area (Å²) in [5.41, 5.74) is 36.1. The van der Waals surface area contributed by atoms with E-state index < -0.39 is 0 Å². The smallest absolute Gasteiger partial charge is 0.123 e. The highest BCUT2D eigenvalue weighted by Crippen LogP contribution is 2.56. The molecule has 3 nitrogen and oxygen atoms in total. The summed E-state index contributed by atoms with van der Waals surface area (Å²) in [5.74, 6) is -0.201. The SMILES string of the molecule is CC1(C)c2ccccc2-c2c(Br)cccc21.CC1(C)c2ccccc2-c2c(N(c3ccc(Br)cc3)c3ccc(-c4ccccc4)cc3)cccc21.CC1(C)c2ccccc2-c2c(Nc3ccc(-c4ccccc4)cc3)cccc21.Fc1ccc(Br)cc1.Nc1ccc(-c2ccccc2)cc1. The Bertz CT molecular complexity index is 5110. The second-order valence-electron chi connectivity index (χ2n) is 26.8. The fraction of sp³-hybridized carbons (Fsp3) is 0.0968. The predicted octanol–water partition coefficient (Wildman–Crippen LogP) is 27.6. The van der Waals surface area contributed by atoms with Gasteiger partial charge in [0.1, 0.15) is 5.82 Å². The topological polar surface area (TPSA) is 41.3 Å². The van der Waals surface area contributed by atoms with E-state index in [0.717, 1.165) is 31.7 Å². The van der Waals surface area contributed by atoms with E-state index in [4.69, 9.17) is 5.73 Å².